The Balaban J connectivity index is 4.30. The molecule has 0 aromatic rings. The van der Waals surface area contributed by atoms with Gasteiger partial charge in [-0.1, -0.05) is 6.92 Å². The molecule has 0 aliphatic rings. The Kier molecular flexibility index (Phi) is 4.66. The zero-order chi connectivity index (χ0) is 9.72. The fraction of sp³-hybridized carbons (Fsp3) is 0.714. The van der Waals surface area contributed by atoms with Gasteiger partial charge in [0.05, 0.1) is 0 Å². The number of halogens is 1. The Morgan fingerprint density at radius 2 is 2.08 bits per heavy atom. The molecule has 1 amide bonds. The number of carbonyl (C=O) groups excluding carboxylic acids is 1. The summed E-state index contributed by atoms with van der Waals surface area (Å²) in [5.41, 5.74) is 0. The maximum absolute atomic E-state index is 10.9. The lowest BCUT2D eigenvalue weighted by Gasteiger charge is -2.22. The standard InChI is InChI=1S/C7H12ClNO3/c1-3-5(7(11)12)9(2)6(10)4-8/h5H,3-4H2,1-2H3,(H,11,12)/t5-/m0/s1. The molecule has 0 spiro atoms. The molecule has 0 aromatic heterocycles. The van der Waals surface area contributed by atoms with Crippen molar-refractivity contribution in [2.75, 3.05) is 12.9 Å². The van der Waals surface area contributed by atoms with E-state index in [0.29, 0.717) is 6.42 Å². The minimum atomic E-state index is -1.00. The van der Waals surface area contributed by atoms with Crippen LogP contribution < -0.4 is 0 Å². The zero-order valence-corrected chi connectivity index (χ0v) is 7.84. The number of carboxylic acid groups (broad SMARTS) is 1. The third kappa shape index (κ3) is 2.70. The van der Waals surface area contributed by atoms with E-state index in [0.717, 1.165) is 4.90 Å². The smallest absolute Gasteiger partial charge is 0.326 e. The molecule has 12 heavy (non-hydrogen) atoms. The summed E-state index contributed by atoms with van der Waals surface area (Å²) in [6, 6.07) is -0.767. The molecule has 4 nitrogen and oxygen atoms in total. The van der Waals surface area contributed by atoms with Crippen LogP contribution in [0.15, 0.2) is 0 Å². The van der Waals surface area contributed by atoms with Gasteiger partial charge < -0.3 is 10.0 Å². The lowest BCUT2D eigenvalue weighted by molar-refractivity contribution is -0.148. The van der Waals surface area contributed by atoms with Gasteiger partial charge in [0.15, 0.2) is 0 Å². The molecule has 0 fully saturated rings. The van der Waals surface area contributed by atoms with Crippen LogP contribution in [-0.2, 0) is 9.59 Å². The molecule has 0 radical (unpaired) electrons. The molecule has 0 aliphatic heterocycles. The van der Waals surface area contributed by atoms with Crippen LogP contribution in [0, 0.1) is 0 Å². The van der Waals surface area contributed by atoms with Crippen molar-refractivity contribution in [3.8, 4) is 0 Å². The van der Waals surface area contributed by atoms with Crippen LogP contribution in [0.1, 0.15) is 13.3 Å². The third-order valence-electron chi connectivity index (χ3n) is 1.65. The SMILES string of the molecule is CC[C@@H](C(=O)O)N(C)C(=O)CCl. The second-order valence-electron chi connectivity index (χ2n) is 2.40. The highest BCUT2D eigenvalue weighted by atomic mass is 35.5. The maximum atomic E-state index is 10.9. The van der Waals surface area contributed by atoms with E-state index >= 15 is 0 Å². The summed E-state index contributed by atoms with van der Waals surface area (Å²) < 4.78 is 0. The average molecular weight is 194 g/mol. The number of amides is 1. The molecule has 0 aromatic carbocycles. The Morgan fingerprint density at radius 1 is 1.58 bits per heavy atom. The predicted molar refractivity (Wildman–Crippen MR) is 45.2 cm³/mol. The van der Waals surface area contributed by atoms with E-state index in [4.69, 9.17) is 16.7 Å². The highest BCUT2D eigenvalue weighted by Crippen LogP contribution is 2.02. The van der Waals surface area contributed by atoms with Crippen LogP contribution >= 0.6 is 11.6 Å². The number of rotatable bonds is 4. The van der Waals surface area contributed by atoms with Gasteiger partial charge in [-0.05, 0) is 6.42 Å². The van der Waals surface area contributed by atoms with E-state index in [2.05, 4.69) is 0 Å². The van der Waals surface area contributed by atoms with Crippen LogP contribution in [-0.4, -0.2) is 40.9 Å². The van der Waals surface area contributed by atoms with Gasteiger partial charge >= 0.3 is 5.97 Å². The number of hydrogen-bond donors (Lipinski definition) is 1. The lowest BCUT2D eigenvalue weighted by Crippen LogP contribution is -2.42. The molecule has 0 unspecified atom stereocenters. The first-order chi connectivity index (χ1) is 5.54. The summed E-state index contributed by atoms with van der Waals surface area (Å²) in [4.78, 5) is 22.7. The summed E-state index contributed by atoms with van der Waals surface area (Å²) in [6.45, 7) is 1.71. The van der Waals surface area contributed by atoms with Gasteiger partial charge in [0.1, 0.15) is 11.9 Å². The minimum absolute atomic E-state index is 0.180. The molecule has 0 saturated carbocycles. The first-order valence-electron chi connectivity index (χ1n) is 3.59. The predicted octanol–water partition coefficient (Wildman–Crippen LogP) is 0.547. The molecular weight excluding hydrogens is 182 g/mol. The van der Waals surface area contributed by atoms with E-state index in [1.54, 1.807) is 6.92 Å². The van der Waals surface area contributed by atoms with Crippen molar-refractivity contribution in [3.63, 3.8) is 0 Å². The first-order valence-corrected chi connectivity index (χ1v) is 4.12. The van der Waals surface area contributed by atoms with Crippen molar-refractivity contribution in [2.24, 2.45) is 0 Å². The molecule has 0 heterocycles. The Morgan fingerprint density at radius 3 is 2.33 bits per heavy atom. The average Bonchev–Trinajstić information content (AvgIpc) is 2.03. The minimum Gasteiger partial charge on any atom is -0.480 e. The monoisotopic (exact) mass is 193 g/mol. The van der Waals surface area contributed by atoms with Gasteiger partial charge in [0.25, 0.3) is 0 Å². The molecular formula is C7H12ClNO3. The van der Waals surface area contributed by atoms with Gasteiger partial charge in [0, 0.05) is 7.05 Å². The Hall–Kier alpha value is -0.770. The molecule has 5 heteroatoms. The van der Waals surface area contributed by atoms with Gasteiger partial charge in [-0.3, -0.25) is 4.79 Å². The van der Waals surface area contributed by atoms with Crippen molar-refractivity contribution in [1.82, 2.24) is 4.90 Å². The first kappa shape index (κ1) is 11.2. The normalized spacial score (nSPS) is 12.2. The van der Waals surface area contributed by atoms with Crippen molar-refractivity contribution in [1.29, 1.82) is 0 Å². The van der Waals surface area contributed by atoms with Crippen molar-refractivity contribution >= 4 is 23.5 Å². The number of likely N-dealkylation sites (N-methyl/N-ethyl adjacent to an activating group) is 1. The number of aliphatic carboxylic acids is 1. The van der Waals surface area contributed by atoms with E-state index in [9.17, 15) is 9.59 Å². The summed E-state index contributed by atoms with van der Waals surface area (Å²) in [5, 5.41) is 8.65. The molecule has 0 rings (SSSR count). The highest BCUT2D eigenvalue weighted by molar-refractivity contribution is 6.27. The maximum Gasteiger partial charge on any atom is 0.326 e. The van der Waals surface area contributed by atoms with E-state index in [1.807, 2.05) is 0 Å². The van der Waals surface area contributed by atoms with Crippen molar-refractivity contribution in [2.45, 2.75) is 19.4 Å². The topological polar surface area (TPSA) is 57.6 Å². The number of hydrogen-bond acceptors (Lipinski definition) is 2. The van der Waals surface area contributed by atoms with Crippen LogP contribution in [0.5, 0.6) is 0 Å². The highest BCUT2D eigenvalue weighted by Gasteiger charge is 2.23. The summed E-state index contributed by atoms with van der Waals surface area (Å²) in [5.74, 6) is -1.55. The molecule has 0 bridgehead atoms. The number of alkyl halides is 1. The lowest BCUT2D eigenvalue weighted by atomic mass is 10.2. The van der Waals surface area contributed by atoms with Gasteiger partial charge in [-0.2, -0.15) is 0 Å². The second-order valence-corrected chi connectivity index (χ2v) is 2.67. The van der Waals surface area contributed by atoms with Gasteiger partial charge in [0.2, 0.25) is 5.91 Å². The van der Waals surface area contributed by atoms with Crippen LogP contribution in [0.4, 0.5) is 0 Å². The fourth-order valence-electron chi connectivity index (χ4n) is 0.882. The third-order valence-corrected chi connectivity index (χ3v) is 1.88. The van der Waals surface area contributed by atoms with Gasteiger partial charge in [-0.25, -0.2) is 4.79 Å². The number of carboxylic acids is 1. The molecule has 0 aliphatic carbocycles. The molecule has 70 valence electrons. The zero-order valence-electron chi connectivity index (χ0n) is 7.08. The fourth-order valence-corrected chi connectivity index (χ4v) is 1.07. The van der Waals surface area contributed by atoms with Crippen LogP contribution in [0.2, 0.25) is 0 Å². The van der Waals surface area contributed by atoms with Gasteiger partial charge in [-0.15, -0.1) is 11.6 Å². The largest absolute Gasteiger partial charge is 0.480 e. The molecule has 0 saturated heterocycles. The van der Waals surface area contributed by atoms with Crippen LogP contribution in [0.3, 0.4) is 0 Å². The second kappa shape index (κ2) is 4.98. The van der Waals surface area contributed by atoms with E-state index in [1.165, 1.54) is 7.05 Å². The number of nitrogens with zero attached hydrogens (tertiary/aromatic N) is 1. The Labute approximate surface area is 76.1 Å². The summed E-state index contributed by atoms with van der Waals surface area (Å²) in [7, 11) is 1.44. The summed E-state index contributed by atoms with van der Waals surface area (Å²) >= 11 is 5.27. The molecule has 1 atom stereocenters. The van der Waals surface area contributed by atoms with E-state index < -0.39 is 12.0 Å². The molecule has 1 N–H and O–H groups in total. The van der Waals surface area contributed by atoms with Crippen LogP contribution in [0.25, 0.3) is 0 Å². The number of carbonyl (C=O) groups is 2. The summed E-state index contributed by atoms with van der Waals surface area (Å²) in [6.07, 6.45) is 0.383. The van der Waals surface area contributed by atoms with Crippen molar-refractivity contribution in [3.05, 3.63) is 0 Å². The quantitative estimate of drug-likeness (QED) is 0.664. The Bertz CT molecular complexity index is 183. The van der Waals surface area contributed by atoms with Crippen molar-refractivity contribution < 1.29 is 14.7 Å². The van der Waals surface area contributed by atoms with E-state index in [-0.39, 0.29) is 11.8 Å².